The van der Waals surface area contributed by atoms with Crippen LogP contribution in [0.4, 0.5) is 0 Å². The van der Waals surface area contributed by atoms with E-state index in [4.69, 9.17) is 0 Å². The van der Waals surface area contributed by atoms with Gasteiger partial charge in [0.05, 0.1) is 0 Å². The van der Waals surface area contributed by atoms with Crippen molar-refractivity contribution >= 4 is 0 Å². The van der Waals surface area contributed by atoms with E-state index >= 15 is 0 Å². The first kappa shape index (κ1) is 16.0. The summed E-state index contributed by atoms with van der Waals surface area (Å²) in [4.78, 5) is 2.31. The molecular weight excluding hydrogens is 110 g/mol. The van der Waals surface area contributed by atoms with Gasteiger partial charge in [0.1, 0.15) is 0 Å². The normalized spacial score (nSPS) is 8.00. The summed E-state index contributed by atoms with van der Waals surface area (Å²) in [5.74, 6) is 0. The van der Waals surface area contributed by atoms with Crippen molar-refractivity contribution < 1.29 is 0 Å². The fourth-order valence-electron chi connectivity index (χ4n) is 0.540. The van der Waals surface area contributed by atoms with Gasteiger partial charge in [-0.05, 0) is 26.6 Å². The van der Waals surface area contributed by atoms with Gasteiger partial charge in [0.15, 0.2) is 0 Å². The van der Waals surface area contributed by atoms with Gasteiger partial charge in [-0.3, -0.25) is 0 Å². The van der Waals surface area contributed by atoms with E-state index in [1.807, 2.05) is 0 Å². The lowest BCUT2D eigenvalue weighted by atomic mass is 10.4. The van der Waals surface area contributed by atoms with Crippen molar-refractivity contribution in [3.05, 3.63) is 0 Å². The van der Waals surface area contributed by atoms with Crippen LogP contribution in [0.25, 0.3) is 0 Å². The molecule has 0 unspecified atom stereocenters. The van der Waals surface area contributed by atoms with Crippen molar-refractivity contribution in [3.8, 4) is 0 Å². The van der Waals surface area contributed by atoms with Crippen LogP contribution in [-0.4, -0.2) is 25.0 Å². The van der Waals surface area contributed by atoms with E-state index in [0.717, 1.165) is 0 Å². The van der Waals surface area contributed by atoms with Crippen molar-refractivity contribution in [3.63, 3.8) is 0 Å². The Hall–Kier alpha value is -0.0400. The van der Waals surface area contributed by atoms with Crippen LogP contribution in [0, 0.1) is 0 Å². The van der Waals surface area contributed by atoms with E-state index in [2.05, 4.69) is 25.8 Å². The molecule has 1 nitrogen and oxygen atoms in total. The van der Waals surface area contributed by atoms with Crippen molar-refractivity contribution in [2.75, 3.05) is 20.1 Å². The van der Waals surface area contributed by atoms with E-state index in [0.29, 0.717) is 0 Å². The van der Waals surface area contributed by atoms with Crippen LogP contribution in [0.2, 0.25) is 0 Å². The Morgan fingerprint density at radius 1 is 1.11 bits per heavy atom. The predicted molar refractivity (Wildman–Crippen MR) is 46.9 cm³/mol. The lowest BCUT2D eigenvalue weighted by Crippen LogP contribution is -2.17. The van der Waals surface area contributed by atoms with E-state index < -0.39 is 0 Å². The summed E-state index contributed by atoms with van der Waals surface area (Å²) in [6.45, 7) is 6.78. The highest BCUT2D eigenvalue weighted by molar-refractivity contribution is 4.41. The molecule has 0 aliphatic rings. The van der Waals surface area contributed by atoms with Gasteiger partial charge in [-0.1, -0.05) is 28.7 Å². The quantitative estimate of drug-likeness (QED) is 0.572. The van der Waals surface area contributed by atoms with Crippen molar-refractivity contribution in [2.24, 2.45) is 0 Å². The Morgan fingerprint density at radius 3 is 1.67 bits per heavy atom. The third kappa shape index (κ3) is 11.5. The molecule has 0 radical (unpaired) electrons. The van der Waals surface area contributed by atoms with E-state index in [-0.39, 0.29) is 14.9 Å². The summed E-state index contributed by atoms with van der Waals surface area (Å²) in [5, 5.41) is 0. The van der Waals surface area contributed by atoms with Crippen LogP contribution in [0.15, 0.2) is 0 Å². The standard InChI is InChI=1S/C6H15N.2CH4/c1-4-6-7(3)5-2;;/h4-6H2,1-3H3;2*1H4. The van der Waals surface area contributed by atoms with Gasteiger partial charge in [-0.25, -0.2) is 0 Å². The highest BCUT2D eigenvalue weighted by atomic mass is 15.1. The average molecular weight is 133 g/mol. The Morgan fingerprint density at radius 2 is 1.56 bits per heavy atom. The second-order valence-corrected chi connectivity index (χ2v) is 1.90. The van der Waals surface area contributed by atoms with Gasteiger partial charge in [0, 0.05) is 0 Å². The molecule has 0 rings (SSSR count). The molecule has 0 aliphatic carbocycles. The molecule has 1 heteroatoms. The molecular formula is C8H23N. The van der Waals surface area contributed by atoms with Crippen molar-refractivity contribution in [2.45, 2.75) is 35.1 Å². The van der Waals surface area contributed by atoms with Crippen LogP contribution in [0.5, 0.6) is 0 Å². The molecule has 0 amide bonds. The zero-order valence-electron chi connectivity index (χ0n) is 5.57. The first-order chi connectivity index (χ1) is 3.31. The first-order valence-corrected chi connectivity index (χ1v) is 2.99. The predicted octanol–water partition coefficient (Wildman–Crippen LogP) is 2.62. The van der Waals surface area contributed by atoms with Crippen LogP contribution < -0.4 is 0 Å². The molecule has 60 valence electrons. The summed E-state index contributed by atoms with van der Waals surface area (Å²) in [6, 6.07) is 0. The number of nitrogens with zero attached hydrogens (tertiary/aromatic N) is 1. The van der Waals surface area contributed by atoms with Gasteiger partial charge in [0.25, 0.3) is 0 Å². The summed E-state index contributed by atoms with van der Waals surface area (Å²) in [5.41, 5.74) is 0. The van der Waals surface area contributed by atoms with Crippen molar-refractivity contribution in [1.29, 1.82) is 0 Å². The SMILES string of the molecule is C.C.CCCN(C)CC. The molecule has 0 saturated heterocycles. The monoisotopic (exact) mass is 133 g/mol. The summed E-state index contributed by atoms with van der Waals surface area (Å²) >= 11 is 0. The van der Waals surface area contributed by atoms with Crippen LogP contribution in [-0.2, 0) is 0 Å². The van der Waals surface area contributed by atoms with Gasteiger partial charge in [-0.2, -0.15) is 0 Å². The molecule has 0 N–H and O–H groups in total. The van der Waals surface area contributed by atoms with Crippen LogP contribution in [0.3, 0.4) is 0 Å². The first-order valence-electron chi connectivity index (χ1n) is 2.99. The molecule has 0 aromatic rings. The van der Waals surface area contributed by atoms with Gasteiger partial charge in [0.2, 0.25) is 0 Å². The maximum atomic E-state index is 2.31. The Balaban J connectivity index is -0.000000180. The second kappa shape index (κ2) is 10.9. The summed E-state index contributed by atoms with van der Waals surface area (Å²) in [6.07, 6.45) is 1.27. The molecule has 0 aliphatic heterocycles. The van der Waals surface area contributed by atoms with E-state index in [9.17, 15) is 0 Å². The van der Waals surface area contributed by atoms with E-state index in [1.165, 1.54) is 19.5 Å². The topological polar surface area (TPSA) is 3.24 Å². The Labute approximate surface area is 61.1 Å². The minimum Gasteiger partial charge on any atom is -0.307 e. The molecule has 0 heterocycles. The smallest absolute Gasteiger partial charge is 0.00245 e. The van der Waals surface area contributed by atoms with Crippen molar-refractivity contribution in [1.82, 2.24) is 4.90 Å². The fraction of sp³-hybridized carbons (Fsp3) is 1.00. The maximum Gasteiger partial charge on any atom is -0.00245 e. The van der Waals surface area contributed by atoms with Crippen LogP contribution >= 0.6 is 0 Å². The Bertz CT molecular complexity index is 35.5. The highest BCUT2D eigenvalue weighted by Gasteiger charge is 1.86. The largest absolute Gasteiger partial charge is 0.307 e. The fourth-order valence-corrected chi connectivity index (χ4v) is 0.540. The van der Waals surface area contributed by atoms with Gasteiger partial charge >= 0.3 is 0 Å². The third-order valence-electron chi connectivity index (χ3n) is 1.15. The van der Waals surface area contributed by atoms with Gasteiger partial charge < -0.3 is 4.90 Å². The molecule has 0 aromatic heterocycles. The minimum absolute atomic E-state index is 0. The number of hydrogen-bond acceptors (Lipinski definition) is 1. The summed E-state index contributed by atoms with van der Waals surface area (Å²) in [7, 11) is 2.14. The molecule has 0 spiro atoms. The number of hydrogen-bond donors (Lipinski definition) is 0. The highest BCUT2D eigenvalue weighted by Crippen LogP contribution is 1.81. The average Bonchev–Trinajstić information content (AvgIpc) is 1.68. The molecule has 0 saturated carbocycles. The zero-order valence-corrected chi connectivity index (χ0v) is 5.57. The molecule has 0 aromatic carbocycles. The lowest BCUT2D eigenvalue weighted by molar-refractivity contribution is 0.353. The molecule has 0 fully saturated rings. The Kier molecular flexibility index (Phi) is 19.3. The molecule has 0 atom stereocenters. The lowest BCUT2D eigenvalue weighted by Gasteiger charge is -2.10. The summed E-state index contributed by atoms with van der Waals surface area (Å²) < 4.78 is 0. The van der Waals surface area contributed by atoms with Gasteiger partial charge in [-0.15, -0.1) is 0 Å². The zero-order chi connectivity index (χ0) is 5.70. The number of rotatable bonds is 3. The van der Waals surface area contributed by atoms with Crippen LogP contribution in [0.1, 0.15) is 35.1 Å². The maximum absolute atomic E-state index is 2.31. The third-order valence-corrected chi connectivity index (χ3v) is 1.15. The van der Waals surface area contributed by atoms with E-state index in [1.54, 1.807) is 0 Å². The minimum atomic E-state index is 0. The second-order valence-electron chi connectivity index (χ2n) is 1.90. The molecule has 0 bridgehead atoms. The molecule has 9 heavy (non-hydrogen) atoms.